The summed E-state index contributed by atoms with van der Waals surface area (Å²) in [6, 6.07) is 6.00. The number of hydrogen-bond acceptors (Lipinski definition) is 5. The molecule has 2 aromatic heterocycles. The monoisotopic (exact) mass is 272 g/mol. The summed E-state index contributed by atoms with van der Waals surface area (Å²) in [5.41, 5.74) is 8.79. The normalized spacial score (nSPS) is 11.3. The van der Waals surface area contributed by atoms with Crippen molar-refractivity contribution in [3.63, 3.8) is 0 Å². The van der Waals surface area contributed by atoms with Crippen molar-refractivity contribution in [2.24, 2.45) is 5.73 Å². The average molecular weight is 272 g/mol. The van der Waals surface area contributed by atoms with Gasteiger partial charge in [-0.2, -0.15) is 4.98 Å². The van der Waals surface area contributed by atoms with Crippen LogP contribution in [-0.4, -0.2) is 28.8 Å². The summed E-state index contributed by atoms with van der Waals surface area (Å²) in [6.07, 6.45) is 2.83. The molecule has 0 fully saturated rings. The zero-order chi connectivity index (χ0) is 13.9. The summed E-state index contributed by atoms with van der Waals surface area (Å²) >= 11 is 0. The average Bonchev–Trinajstić information content (AvgIpc) is 3.07. The molecular formula is C14H16N4O2. The zero-order valence-electron chi connectivity index (χ0n) is 11.2. The van der Waals surface area contributed by atoms with Gasteiger partial charge in [0.05, 0.1) is 0 Å². The van der Waals surface area contributed by atoms with Crippen LogP contribution in [-0.2, 0) is 17.8 Å². The Morgan fingerprint density at radius 1 is 1.40 bits per heavy atom. The van der Waals surface area contributed by atoms with Gasteiger partial charge in [-0.25, -0.2) is 0 Å². The summed E-state index contributed by atoms with van der Waals surface area (Å²) in [5, 5.41) is 5.01. The third-order valence-corrected chi connectivity index (χ3v) is 3.17. The maximum absolute atomic E-state index is 5.63. The minimum absolute atomic E-state index is 0.342. The second kappa shape index (κ2) is 5.44. The lowest BCUT2D eigenvalue weighted by molar-refractivity contribution is 0.174. The predicted molar refractivity (Wildman–Crippen MR) is 75.1 cm³/mol. The van der Waals surface area contributed by atoms with E-state index in [2.05, 4.69) is 15.1 Å². The van der Waals surface area contributed by atoms with Gasteiger partial charge in [-0.05, 0) is 36.7 Å². The van der Waals surface area contributed by atoms with Gasteiger partial charge in [0.1, 0.15) is 6.61 Å². The van der Waals surface area contributed by atoms with Crippen molar-refractivity contribution in [1.82, 2.24) is 15.1 Å². The Morgan fingerprint density at radius 2 is 2.30 bits per heavy atom. The molecule has 3 aromatic rings. The zero-order valence-corrected chi connectivity index (χ0v) is 11.2. The minimum Gasteiger partial charge on any atom is -0.377 e. The number of nitrogens with zero attached hydrogens (tertiary/aromatic N) is 2. The van der Waals surface area contributed by atoms with E-state index >= 15 is 0 Å². The van der Waals surface area contributed by atoms with E-state index in [0.717, 1.165) is 22.9 Å². The van der Waals surface area contributed by atoms with Crippen molar-refractivity contribution in [3.05, 3.63) is 35.8 Å². The van der Waals surface area contributed by atoms with Crippen LogP contribution in [0.5, 0.6) is 0 Å². The molecule has 0 atom stereocenters. The quantitative estimate of drug-likeness (QED) is 0.740. The number of methoxy groups -OCH3 is 1. The van der Waals surface area contributed by atoms with Crippen LogP contribution in [0.2, 0.25) is 0 Å². The molecule has 0 saturated heterocycles. The van der Waals surface area contributed by atoms with Crippen LogP contribution in [0.1, 0.15) is 11.4 Å². The molecule has 6 nitrogen and oxygen atoms in total. The standard InChI is InChI=1S/C14H16N4O2/c1-19-8-13-17-14(20-18-13)9-2-3-12-11(6-9)10(4-5-15)7-16-12/h2-3,6-7,16H,4-5,8,15H2,1H3. The Morgan fingerprint density at radius 3 is 3.10 bits per heavy atom. The summed E-state index contributed by atoms with van der Waals surface area (Å²) in [6.45, 7) is 0.962. The van der Waals surface area contributed by atoms with E-state index in [1.165, 1.54) is 5.56 Å². The largest absolute Gasteiger partial charge is 0.377 e. The Balaban J connectivity index is 2.00. The molecule has 0 unspecified atom stereocenters. The fourth-order valence-electron chi connectivity index (χ4n) is 2.23. The number of nitrogens with one attached hydrogen (secondary N) is 1. The van der Waals surface area contributed by atoms with Gasteiger partial charge in [-0.3, -0.25) is 0 Å². The lowest BCUT2D eigenvalue weighted by Crippen LogP contribution is -2.01. The number of aromatic nitrogens is 3. The number of ether oxygens (including phenoxy) is 1. The molecule has 0 aliphatic carbocycles. The highest BCUT2D eigenvalue weighted by atomic mass is 16.5. The van der Waals surface area contributed by atoms with Crippen molar-refractivity contribution in [2.75, 3.05) is 13.7 Å². The van der Waals surface area contributed by atoms with Crippen LogP contribution >= 0.6 is 0 Å². The molecule has 0 aliphatic heterocycles. The van der Waals surface area contributed by atoms with Gasteiger partial charge in [0.25, 0.3) is 5.89 Å². The molecular weight excluding hydrogens is 256 g/mol. The van der Waals surface area contributed by atoms with Crippen molar-refractivity contribution in [3.8, 4) is 11.5 Å². The first-order valence-electron chi connectivity index (χ1n) is 6.44. The number of rotatable bonds is 5. The first kappa shape index (κ1) is 12.8. The van der Waals surface area contributed by atoms with Gasteiger partial charge in [0.15, 0.2) is 5.82 Å². The van der Waals surface area contributed by atoms with E-state index in [9.17, 15) is 0 Å². The fourth-order valence-corrected chi connectivity index (χ4v) is 2.23. The van der Waals surface area contributed by atoms with Gasteiger partial charge < -0.3 is 20.0 Å². The second-order valence-electron chi connectivity index (χ2n) is 4.56. The lowest BCUT2D eigenvalue weighted by atomic mass is 10.1. The topological polar surface area (TPSA) is 90.0 Å². The molecule has 20 heavy (non-hydrogen) atoms. The molecule has 1 aromatic carbocycles. The van der Waals surface area contributed by atoms with Gasteiger partial charge in [0, 0.05) is 29.8 Å². The van der Waals surface area contributed by atoms with E-state index in [1.807, 2.05) is 24.4 Å². The van der Waals surface area contributed by atoms with Gasteiger partial charge in [0.2, 0.25) is 0 Å². The molecule has 0 saturated carbocycles. The van der Waals surface area contributed by atoms with E-state index in [-0.39, 0.29) is 0 Å². The number of H-pyrrole nitrogens is 1. The Hall–Kier alpha value is -2.18. The summed E-state index contributed by atoms with van der Waals surface area (Å²) in [5.74, 6) is 1.04. The fraction of sp³-hybridized carbons (Fsp3) is 0.286. The van der Waals surface area contributed by atoms with Crippen LogP contribution in [0.4, 0.5) is 0 Å². The van der Waals surface area contributed by atoms with Crippen molar-refractivity contribution < 1.29 is 9.26 Å². The Bertz CT molecular complexity index is 717. The summed E-state index contributed by atoms with van der Waals surface area (Å²) in [4.78, 5) is 7.53. The minimum atomic E-state index is 0.342. The van der Waals surface area contributed by atoms with Gasteiger partial charge in [-0.1, -0.05) is 5.16 Å². The number of nitrogens with two attached hydrogens (primary N) is 1. The highest BCUT2D eigenvalue weighted by Gasteiger charge is 2.11. The van der Waals surface area contributed by atoms with Crippen LogP contribution in [0.15, 0.2) is 28.9 Å². The molecule has 6 heteroatoms. The molecule has 0 aliphatic rings. The second-order valence-corrected chi connectivity index (χ2v) is 4.56. The molecule has 0 bridgehead atoms. The number of benzene rings is 1. The SMILES string of the molecule is COCc1noc(-c2ccc3[nH]cc(CCN)c3c2)n1. The smallest absolute Gasteiger partial charge is 0.258 e. The molecule has 0 radical (unpaired) electrons. The van der Waals surface area contributed by atoms with Crippen LogP contribution in [0.3, 0.4) is 0 Å². The molecule has 2 heterocycles. The first-order chi connectivity index (χ1) is 9.81. The maximum atomic E-state index is 5.63. The van der Waals surface area contributed by atoms with Gasteiger partial charge in [-0.15, -0.1) is 0 Å². The molecule has 3 rings (SSSR count). The molecule has 0 amide bonds. The third kappa shape index (κ3) is 2.31. The molecule has 3 N–H and O–H groups in total. The highest BCUT2D eigenvalue weighted by Crippen LogP contribution is 2.25. The van der Waals surface area contributed by atoms with E-state index in [4.69, 9.17) is 15.0 Å². The Labute approximate surface area is 115 Å². The lowest BCUT2D eigenvalue weighted by Gasteiger charge is -1.98. The van der Waals surface area contributed by atoms with Crippen LogP contribution in [0.25, 0.3) is 22.4 Å². The van der Waals surface area contributed by atoms with Crippen LogP contribution < -0.4 is 5.73 Å². The van der Waals surface area contributed by atoms with E-state index in [0.29, 0.717) is 24.9 Å². The maximum Gasteiger partial charge on any atom is 0.258 e. The number of aromatic amines is 1. The number of fused-ring (bicyclic) bond motifs is 1. The van der Waals surface area contributed by atoms with Crippen molar-refractivity contribution in [2.45, 2.75) is 13.0 Å². The predicted octanol–water partition coefficient (Wildman–Crippen LogP) is 1.87. The molecule has 104 valence electrons. The molecule has 0 spiro atoms. The first-order valence-corrected chi connectivity index (χ1v) is 6.44. The summed E-state index contributed by atoms with van der Waals surface area (Å²) in [7, 11) is 1.60. The van der Waals surface area contributed by atoms with Gasteiger partial charge >= 0.3 is 0 Å². The highest BCUT2D eigenvalue weighted by molar-refractivity contribution is 5.87. The van der Waals surface area contributed by atoms with Crippen molar-refractivity contribution >= 4 is 10.9 Å². The van der Waals surface area contributed by atoms with E-state index < -0.39 is 0 Å². The van der Waals surface area contributed by atoms with Crippen molar-refractivity contribution in [1.29, 1.82) is 0 Å². The Kier molecular flexibility index (Phi) is 3.49. The third-order valence-electron chi connectivity index (χ3n) is 3.17. The van der Waals surface area contributed by atoms with Crippen LogP contribution in [0, 0.1) is 0 Å². The number of hydrogen-bond donors (Lipinski definition) is 2. The van der Waals surface area contributed by atoms with E-state index in [1.54, 1.807) is 7.11 Å². The summed E-state index contributed by atoms with van der Waals surface area (Å²) < 4.78 is 10.2.